The topological polar surface area (TPSA) is 99.2 Å². The lowest BCUT2D eigenvalue weighted by Gasteiger charge is -2.05. The first-order valence-electron chi connectivity index (χ1n) is 6.26. The van der Waals surface area contributed by atoms with Crippen molar-refractivity contribution in [2.45, 2.75) is 13.5 Å². The number of nitrogens with zero attached hydrogens (tertiary/aromatic N) is 2. The summed E-state index contributed by atoms with van der Waals surface area (Å²) in [7, 11) is 1.30. The number of methoxy groups -OCH3 is 1. The molecule has 0 aromatic carbocycles. The molecule has 7 nitrogen and oxygen atoms in total. The predicted molar refractivity (Wildman–Crippen MR) is 79.6 cm³/mol. The van der Waals surface area contributed by atoms with Crippen molar-refractivity contribution in [2.75, 3.05) is 19.0 Å². The van der Waals surface area contributed by atoms with Crippen LogP contribution >= 0.6 is 11.3 Å². The van der Waals surface area contributed by atoms with E-state index >= 15 is 0 Å². The third kappa shape index (κ3) is 3.29. The summed E-state index contributed by atoms with van der Waals surface area (Å²) in [5.41, 5.74) is 6.98. The number of aryl methyl sites for hydroxylation is 1. The van der Waals surface area contributed by atoms with Gasteiger partial charge in [0.25, 0.3) is 5.91 Å². The molecule has 2 aromatic heterocycles. The smallest absolute Gasteiger partial charge is 0.350 e. The van der Waals surface area contributed by atoms with Gasteiger partial charge >= 0.3 is 5.97 Å². The Kier molecular flexibility index (Phi) is 4.71. The van der Waals surface area contributed by atoms with Gasteiger partial charge in [-0.05, 0) is 17.9 Å². The fourth-order valence-electron chi connectivity index (χ4n) is 1.77. The van der Waals surface area contributed by atoms with Gasteiger partial charge in [0.2, 0.25) is 0 Å². The van der Waals surface area contributed by atoms with Crippen molar-refractivity contribution in [2.24, 2.45) is 5.73 Å². The number of imidazole rings is 1. The number of rotatable bonds is 5. The molecule has 0 aliphatic rings. The Labute approximate surface area is 125 Å². The monoisotopic (exact) mass is 308 g/mol. The molecule has 0 saturated carbocycles. The lowest BCUT2D eigenvalue weighted by Crippen LogP contribution is -2.15. The number of nitrogens with one attached hydrogen (secondary N) is 1. The summed E-state index contributed by atoms with van der Waals surface area (Å²) in [4.78, 5) is 28.2. The van der Waals surface area contributed by atoms with Crippen molar-refractivity contribution in [1.29, 1.82) is 0 Å². The number of carbonyl (C=O) groups is 2. The second kappa shape index (κ2) is 6.51. The van der Waals surface area contributed by atoms with Gasteiger partial charge < -0.3 is 20.4 Å². The zero-order valence-electron chi connectivity index (χ0n) is 11.8. The van der Waals surface area contributed by atoms with Crippen LogP contribution in [0.4, 0.5) is 5.69 Å². The van der Waals surface area contributed by atoms with Crippen LogP contribution in [-0.2, 0) is 11.3 Å². The molecule has 21 heavy (non-hydrogen) atoms. The second-order valence-corrected chi connectivity index (χ2v) is 5.23. The molecular formula is C13H16N4O3S. The lowest BCUT2D eigenvalue weighted by molar-refractivity contribution is 0.0607. The third-order valence-corrected chi connectivity index (χ3v) is 3.92. The number of carbonyl (C=O) groups excluding carboxylic acids is 2. The highest BCUT2D eigenvalue weighted by atomic mass is 32.1. The number of nitrogens with two attached hydrogens (primary N) is 1. The number of hydrogen-bond acceptors (Lipinski definition) is 6. The molecule has 0 bridgehead atoms. The Bertz CT molecular complexity index is 662. The fourth-order valence-corrected chi connectivity index (χ4v) is 2.69. The van der Waals surface area contributed by atoms with Crippen molar-refractivity contribution < 1.29 is 14.3 Å². The number of amides is 1. The first kappa shape index (κ1) is 15.2. The van der Waals surface area contributed by atoms with Crippen molar-refractivity contribution in [3.63, 3.8) is 0 Å². The van der Waals surface area contributed by atoms with Gasteiger partial charge in [-0.2, -0.15) is 0 Å². The molecular weight excluding hydrogens is 292 g/mol. The van der Waals surface area contributed by atoms with Crippen LogP contribution in [0.1, 0.15) is 25.7 Å². The molecule has 3 N–H and O–H groups in total. The van der Waals surface area contributed by atoms with Gasteiger partial charge in [0, 0.05) is 19.3 Å². The lowest BCUT2D eigenvalue weighted by atomic mass is 10.2. The minimum atomic E-state index is -0.475. The number of hydrogen-bond donors (Lipinski definition) is 2. The molecule has 0 aliphatic carbocycles. The maximum absolute atomic E-state index is 12.2. The van der Waals surface area contributed by atoms with Crippen LogP contribution in [0.2, 0.25) is 0 Å². The second-order valence-electron chi connectivity index (χ2n) is 4.35. The van der Waals surface area contributed by atoms with Crippen molar-refractivity contribution in [1.82, 2.24) is 9.55 Å². The SMILES string of the molecule is COC(=O)c1scc(C)c1NC(=O)c1cn(CCN)cn1. The van der Waals surface area contributed by atoms with E-state index in [1.54, 1.807) is 22.5 Å². The van der Waals surface area contributed by atoms with Crippen LogP contribution in [0.25, 0.3) is 0 Å². The van der Waals surface area contributed by atoms with Gasteiger partial charge in [0.05, 0.1) is 19.1 Å². The molecule has 0 aliphatic heterocycles. The summed E-state index contributed by atoms with van der Waals surface area (Å²) in [6, 6.07) is 0. The first-order chi connectivity index (χ1) is 10.1. The van der Waals surface area contributed by atoms with Crippen molar-refractivity contribution in [3.8, 4) is 0 Å². The molecule has 2 aromatic rings. The molecule has 0 unspecified atom stereocenters. The van der Waals surface area contributed by atoms with E-state index < -0.39 is 5.97 Å². The molecule has 0 saturated heterocycles. The van der Waals surface area contributed by atoms with Crippen LogP contribution in [0.5, 0.6) is 0 Å². The molecule has 0 radical (unpaired) electrons. The van der Waals surface area contributed by atoms with Gasteiger partial charge in [-0.25, -0.2) is 9.78 Å². The summed E-state index contributed by atoms with van der Waals surface area (Å²) in [6.07, 6.45) is 3.16. The Hall–Kier alpha value is -2.19. The maximum atomic E-state index is 12.2. The van der Waals surface area contributed by atoms with E-state index in [-0.39, 0.29) is 11.6 Å². The first-order valence-corrected chi connectivity index (χ1v) is 7.14. The van der Waals surface area contributed by atoms with E-state index in [1.165, 1.54) is 18.4 Å². The largest absolute Gasteiger partial charge is 0.465 e. The quantitative estimate of drug-likeness (QED) is 0.810. The van der Waals surface area contributed by atoms with E-state index in [2.05, 4.69) is 10.3 Å². The molecule has 0 spiro atoms. The highest BCUT2D eigenvalue weighted by Gasteiger charge is 2.20. The summed E-state index contributed by atoms with van der Waals surface area (Å²) in [6.45, 7) is 2.87. The van der Waals surface area contributed by atoms with Crippen LogP contribution < -0.4 is 11.1 Å². The highest BCUT2D eigenvalue weighted by Crippen LogP contribution is 2.28. The molecule has 8 heteroatoms. The molecule has 0 fully saturated rings. The van der Waals surface area contributed by atoms with Crippen molar-refractivity contribution in [3.05, 3.63) is 34.0 Å². The molecule has 0 atom stereocenters. The van der Waals surface area contributed by atoms with Gasteiger partial charge in [-0.3, -0.25) is 4.79 Å². The minimum absolute atomic E-state index is 0.268. The zero-order valence-corrected chi connectivity index (χ0v) is 12.6. The average Bonchev–Trinajstić information content (AvgIpc) is 3.07. The summed E-state index contributed by atoms with van der Waals surface area (Å²) < 4.78 is 6.43. The van der Waals surface area contributed by atoms with Crippen molar-refractivity contribution >= 4 is 28.9 Å². The molecule has 2 heterocycles. The van der Waals surface area contributed by atoms with E-state index in [0.717, 1.165) is 5.56 Å². The summed E-state index contributed by atoms with van der Waals surface area (Å²) in [5.74, 6) is -0.852. The van der Waals surface area contributed by atoms with E-state index in [1.807, 2.05) is 6.92 Å². The zero-order chi connectivity index (χ0) is 15.4. The minimum Gasteiger partial charge on any atom is -0.465 e. The van der Waals surface area contributed by atoms with Crippen LogP contribution in [0.3, 0.4) is 0 Å². The van der Waals surface area contributed by atoms with Gasteiger partial charge in [-0.15, -0.1) is 11.3 Å². The number of thiophene rings is 1. The molecule has 112 valence electrons. The van der Waals surface area contributed by atoms with Crippen LogP contribution in [-0.4, -0.2) is 35.1 Å². The number of anilines is 1. The highest BCUT2D eigenvalue weighted by molar-refractivity contribution is 7.12. The maximum Gasteiger partial charge on any atom is 0.350 e. The third-order valence-electron chi connectivity index (χ3n) is 2.84. The number of ether oxygens (including phenoxy) is 1. The Morgan fingerprint density at radius 3 is 2.95 bits per heavy atom. The van der Waals surface area contributed by atoms with Crippen LogP contribution in [0.15, 0.2) is 17.9 Å². The normalized spacial score (nSPS) is 10.4. The molecule has 1 amide bonds. The fraction of sp³-hybridized carbons (Fsp3) is 0.308. The summed E-state index contributed by atoms with van der Waals surface area (Å²) >= 11 is 1.23. The van der Waals surface area contributed by atoms with E-state index in [4.69, 9.17) is 10.5 Å². The number of esters is 1. The Morgan fingerprint density at radius 2 is 2.29 bits per heavy atom. The van der Waals surface area contributed by atoms with E-state index in [0.29, 0.717) is 23.7 Å². The predicted octanol–water partition coefficient (Wildman–Crippen LogP) is 1.25. The van der Waals surface area contributed by atoms with Gasteiger partial charge in [0.15, 0.2) is 0 Å². The van der Waals surface area contributed by atoms with Gasteiger partial charge in [0.1, 0.15) is 10.6 Å². The van der Waals surface area contributed by atoms with E-state index in [9.17, 15) is 9.59 Å². The average molecular weight is 308 g/mol. The van der Waals surface area contributed by atoms with Crippen LogP contribution in [0, 0.1) is 6.92 Å². The Balaban J connectivity index is 2.19. The standard InChI is InChI=1S/C13H16N4O3S/c1-8-6-21-11(13(19)20-2)10(8)16-12(18)9-5-17(4-3-14)7-15-9/h5-7H,3-4,14H2,1-2H3,(H,16,18). The Morgan fingerprint density at radius 1 is 1.52 bits per heavy atom. The molecule has 2 rings (SSSR count). The number of aromatic nitrogens is 2. The summed E-state index contributed by atoms with van der Waals surface area (Å²) in [5, 5.41) is 4.50. The van der Waals surface area contributed by atoms with Gasteiger partial charge in [-0.1, -0.05) is 0 Å².